The van der Waals surface area contributed by atoms with Gasteiger partial charge in [-0.2, -0.15) is 0 Å². The Morgan fingerprint density at radius 1 is 2.00 bits per heavy atom. The van der Waals surface area contributed by atoms with Crippen molar-refractivity contribution in [2.24, 2.45) is 0 Å². The monoisotopic (exact) mass is 244 g/mol. The summed E-state index contributed by atoms with van der Waals surface area (Å²) < 4.78 is 90.2. The van der Waals surface area contributed by atoms with Crippen molar-refractivity contribution in [3.8, 4) is 0 Å². The van der Waals surface area contributed by atoms with Crippen molar-refractivity contribution in [3.63, 3.8) is 0 Å². The van der Waals surface area contributed by atoms with Crippen LogP contribution in [-0.2, 0) is 0 Å². The molecule has 0 N–H and O–H groups in total. The molecule has 1 rings (SSSR count). The van der Waals surface area contributed by atoms with Crippen molar-refractivity contribution in [1.82, 2.24) is 0 Å². The van der Waals surface area contributed by atoms with Crippen molar-refractivity contribution >= 4 is 27.3 Å². The van der Waals surface area contributed by atoms with Crippen LogP contribution in [0.15, 0.2) is 10.5 Å². The van der Waals surface area contributed by atoms with E-state index in [4.69, 9.17) is 16.4 Å². The number of thiophene rings is 1. The van der Waals surface area contributed by atoms with Crippen LogP contribution in [0.5, 0.6) is 0 Å². The molecule has 1 unspecified atom stereocenters. The minimum Gasteiger partial charge on any atom is -0.144 e. The molecule has 0 aliphatic heterocycles. The molecule has 1 heterocycles. The maximum Gasteiger partial charge on any atom is 0.0358 e. The van der Waals surface area contributed by atoms with E-state index in [-0.39, 0.29) is 9.35 Å². The molecule has 0 aromatic carbocycles. The van der Waals surface area contributed by atoms with Crippen LogP contribution in [0.3, 0.4) is 0 Å². The Morgan fingerprint density at radius 3 is 3.45 bits per heavy atom. The van der Waals surface area contributed by atoms with Crippen molar-refractivity contribution in [2.75, 3.05) is 0 Å². The van der Waals surface area contributed by atoms with E-state index in [1.807, 2.05) is 0 Å². The van der Waals surface area contributed by atoms with E-state index in [9.17, 15) is 0 Å². The molecule has 11 heavy (non-hydrogen) atoms. The summed E-state index contributed by atoms with van der Waals surface area (Å²) in [5.74, 6) is -3.15. The molecule has 0 saturated heterocycles. The maximum atomic E-state index is 8.19. The zero-order valence-electron chi connectivity index (χ0n) is 17.4. The van der Waals surface area contributed by atoms with Gasteiger partial charge in [0.15, 0.2) is 0 Å². The molecule has 0 saturated carbocycles. The molecule has 1 atom stereocenters. The number of hydrogen-bond donors (Lipinski definition) is 0. The second-order valence-electron chi connectivity index (χ2n) is 1.79. The van der Waals surface area contributed by atoms with Gasteiger partial charge in [0.1, 0.15) is 0 Å². The second-order valence-corrected chi connectivity index (χ2v) is 3.69. The Labute approximate surface area is 97.6 Å². The number of halogens is 1. The molecular weight excluding hydrogens is 220 g/mol. The first-order chi connectivity index (χ1) is 9.87. The van der Waals surface area contributed by atoms with Crippen molar-refractivity contribution in [3.05, 3.63) is 20.3 Å². The second kappa shape index (κ2) is 3.72. The minimum atomic E-state index is -3.43. The van der Waals surface area contributed by atoms with Crippen LogP contribution < -0.4 is 0 Å². The quantitative estimate of drug-likeness (QED) is 0.727. The summed E-state index contributed by atoms with van der Waals surface area (Å²) in [6.07, 6.45) is -3.43. The predicted octanol–water partition coefficient (Wildman–Crippen LogP) is 4.33. The SMILES string of the molecule is [2H]C([2H])([2H])c1sc(C([2H])(C([2H])([2H])[2H])C([2H])([2H])C([2H])([2H])[2H])cc1Br. The molecule has 0 aliphatic carbocycles. The van der Waals surface area contributed by atoms with Gasteiger partial charge < -0.3 is 0 Å². The van der Waals surface area contributed by atoms with Crippen LogP contribution in [-0.4, -0.2) is 0 Å². The summed E-state index contributed by atoms with van der Waals surface area (Å²) in [5.41, 5.74) is 0. The Balaban J connectivity index is 3.71. The van der Waals surface area contributed by atoms with E-state index in [0.29, 0.717) is 11.3 Å². The molecule has 1 aromatic rings. The molecule has 62 valence electrons. The van der Waals surface area contributed by atoms with Crippen LogP contribution in [0.25, 0.3) is 0 Å². The molecule has 1 aromatic heterocycles. The van der Waals surface area contributed by atoms with E-state index >= 15 is 0 Å². The fourth-order valence-corrected chi connectivity index (χ4v) is 1.88. The summed E-state index contributed by atoms with van der Waals surface area (Å²) in [7, 11) is 0. The van der Waals surface area contributed by atoms with Gasteiger partial charge >= 0.3 is 0 Å². The standard InChI is InChI=1S/C9H13BrS/c1-4-6(2)9-5-8(10)7(3)11-9/h5-6H,4H2,1-3H3/i1D3,2D3,3D3,4D2,6D. The van der Waals surface area contributed by atoms with Crippen molar-refractivity contribution in [2.45, 2.75) is 32.8 Å². The van der Waals surface area contributed by atoms with Gasteiger partial charge in [-0.15, -0.1) is 11.3 Å². The average molecular weight is 245 g/mol. The van der Waals surface area contributed by atoms with E-state index in [0.717, 1.165) is 6.07 Å². The zero-order valence-corrected chi connectivity index (χ0v) is 7.77. The van der Waals surface area contributed by atoms with Gasteiger partial charge in [0, 0.05) is 30.7 Å². The average Bonchev–Trinajstić information content (AvgIpc) is 2.66. The lowest BCUT2D eigenvalue weighted by Gasteiger charge is -2.02. The van der Waals surface area contributed by atoms with E-state index in [1.165, 1.54) is 0 Å². The first-order valence-electron chi connectivity index (χ1n) is 8.67. The Morgan fingerprint density at radius 2 is 2.91 bits per heavy atom. The lowest BCUT2D eigenvalue weighted by atomic mass is 10.1. The topological polar surface area (TPSA) is 0 Å². The molecule has 0 amide bonds. The van der Waals surface area contributed by atoms with E-state index < -0.39 is 37.7 Å². The lowest BCUT2D eigenvalue weighted by Crippen LogP contribution is -1.84. The van der Waals surface area contributed by atoms with E-state index in [1.54, 1.807) is 0 Å². The highest BCUT2D eigenvalue weighted by atomic mass is 79.9. The normalized spacial score (nSPS) is 37.2. The molecule has 2 heteroatoms. The summed E-state index contributed by atoms with van der Waals surface area (Å²) in [6.45, 7) is -9.33. The van der Waals surface area contributed by atoms with Gasteiger partial charge in [-0.3, -0.25) is 0 Å². The molecule has 0 radical (unpaired) electrons. The summed E-state index contributed by atoms with van der Waals surface area (Å²) in [6, 6.07) is 0.995. The van der Waals surface area contributed by atoms with Crippen LogP contribution in [0, 0.1) is 6.85 Å². The third-order valence-electron chi connectivity index (χ3n) is 1.06. The molecular formula is C9H13BrS. The van der Waals surface area contributed by atoms with Gasteiger partial charge in [-0.05, 0) is 41.1 Å². The maximum absolute atomic E-state index is 8.19. The highest BCUT2D eigenvalue weighted by Crippen LogP contribution is 2.32. The highest BCUT2D eigenvalue weighted by molar-refractivity contribution is 9.10. The Kier molecular flexibility index (Phi) is 0.730. The van der Waals surface area contributed by atoms with Gasteiger partial charge in [0.2, 0.25) is 0 Å². The van der Waals surface area contributed by atoms with Gasteiger partial charge in [0.05, 0.1) is 0 Å². The first-order valence-corrected chi connectivity index (χ1v) is 4.28. The van der Waals surface area contributed by atoms with Gasteiger partial charge in [-0.25, -0.2) is 0 Å². The van der Waals surface area contributed by atoms with Gasteiger partial charge in [-0.1, -0.05) is 13.7 Å². The lowest BCUT2D eigenvalue weighted by molar-refractivity contribution is 0.748. The molecule has 0 nitrogen and oxygen atoms in total. The minimum absolute atomic E-state index is 0.0142. The Hall–Kier alpha value is 0.180. The first kappa shape index (κ1) is 2.16. The fraction of sp³-hybridized carbons (Fsp3) is 0.556. The highest BCUT2D eigenvalue weighted by Gasteiger charge is 2.07. The number of rotatable bonds is 2. The largest absolute Gasteiger partial charge is 0.144 e. The number of aryl methyl sites for hydroxylation is 1. The molecule has 0 fully saturated rings. The molecule has 0 spiro atoms. The molecule has 0 aliphatic rings. The van der Waals surface area contributed by atoms with Crippen LogP contribution in [0.1, 0.15) is 52.2 Å². The van der Waals surface area contributed by atoms with Crippen molar-refractivity contribution in [1.29, 1.82) is 0 Å². The number of hydrogen-bond acceptors (Lipinski definition) is 1. The summed E-state index contributed by atoms with van der Waals surface area (Å²) >= 11 is 3.35. The van der Waals surface area contributed by atoms with Crippen LogP contribution in [0.4, 0.5) is 0 Å². The smallest absolute Gasteiger partial charge is 0.0358 e. The predicted molar refractivity (Wildman–Crippen MR) is 55.5 cm³/mol. The Bertz CT molecular complexity index is 579. The molecule has 0 bridgehead atoms. The van der Waals surface area contributed by atoms with E-state index in [2.05, 4.69) is 15.9 Å². The fourth-order valence-electron chi connectivity index (χ4n) is 0.554. The third kappa shape index (κ3) is 2.06. The summed E-state index contributed by atoms with van der Waals surface area (Å²) in [4.78, 5) is -0.758. The zero-order chi connectivity index (χ0) is 18.6. The van der Waals surface area contributed by atoms with Crippen LogP contribution in [0.2, 0.25) is 0 Å². The van der Waals surface area contributed by atoms with Crippen molar-refractivity contribution < 1.29 is 16.4 Å². The van der Waals surface area contributed by atoms with Gasteiger partial charge in [0.25, 0.3) is 0 Å². The summed E-state index contributed by atoms with van der Waals surface area (Å²) in [5, 5.41) is 0. The third-order valence-corrected chi connectivity index (χ3v) is 2.91. The van der Waals surface area contributed by atoms with Crippen LogP contribution >= 0.6 is 27.3 Å².